The molecule has 0 aliphatic carbocycles. The first-order valence-electron chi connectivity index (χ1n) is 5.08. The molecule has 6 nitrogen and oxygen atoms in total. The average Bonchev–Trinajstić information content (AvgIpc) is 2.75. The van der Waals surface area contributed by atoms with Gasteiger partial charge in [-0.1, -0.05) is 28.1 Å². The van der Waals surface area contributed by atoms with Crippen molar-refractivity contribution in [1.82, 2.24) is 10.9 Å². The first kappa shape index (κ1) is 12.4. The monoisotopic (exact) mass is 308 g/mol. The Bertz CT molecular complexity index is 542. The largest absolute Gasteiger partial charge is 0.272 e. The van der Waals surface area contributed by atoms with Gasteiger partial charge in [-0.2, -0.15) is 10.2 Å². The maximum Gasteiger partial charge on any atom is 0.258 e. The fraction of sp³-hybridized carbons (Fsp3) is 0.0909. The van der Waals surface area contributed by atoms with Crippen molar-refractivity contribution in [1.29, 1.82) is 0 Å². The second kappa shape index (κ2) is 5.54. The number of nitrogens with zero attached hydrogens (tertiary/aromatic N) is 2. The van der Waals surface area contributed by atoms with Gasteiger partial charge in [0.2, 0.25) is 0 Å². The van der Waals surface area contributed by atoms with E-state index < -0.39 is 17.7 Å². The lowest BCUT2D eigenvalue weighted by Gasteiger charge is -2.01. The van der Waals surface area contributed by atoms with E-state index in [1.165, 1.54) is 12.4 Å². The second-order valence-electron chi connectivity index (χ2n) is 3.52. The summed E-state index contributed by atoms with van der Waals surface area (Å²) in [6.07, 6.45) is 2.74. The molecule has 1 aromatic rings. The summed E-state index contributed by atoms with van der Waals surface area (Å²) in [5.74, 6) is -1.88. The van der Waals surface area contributed by atoms with E-state index in [1.54, 1.807) is 0 Å². The number of hydrazone groups is 2. The van der Waals surface area contributed by atoms with Crippen molar-refractivity contribution in [2.24, 2.45) is 16.1 Å². The van der Waals surface area contributed by atoms with E-state index >= 15 is 0 Å². The van der Waals surface area contributed by atoms with Crippen molar-refractivity contribution in [2.75, 3.05) is 0 Å². The highest BCUT2D eigenvalue weighted by molar-refractivity contribution is 9.10. The number of hydrogen-bond donors (Lipinski definition) is 2. The maximum atomic E-state index is 11.5. The Morgan fingerprint density at radius 3 is 3.06 bits per heavy atom. The highest BCUT2D eigenvalue weighted by Crippen LogP contribution is 2.09. The molecule has 1 heterocycles. The summed E-state index contributed by atoms with van der Waals surface area (Å²) in [6, 6.07) is 7.42. The smallest absolute Gasteiger partial charge is 0.258 e. The van der Waals surface area contributed by atoms with Gasteiger partial charge in [0.05, 0.1) is 6.21 Å². The SMILES string of the molecule is O=C1NN=CC1C(=O)N/N=C/c1cccc(Br)c1. The quantitative estimate of drug-likeness (QED) is 0.488. The Morgan fingerprint density at radius 1 is 1.56 bits per heavy atom. The molecule has 0 aromatic heterocycles. The summed E-state index contributed by atoms with van der Waals surface area (Å²) in [5, 5.41) is 7.28. The van der Waals surface area contributed by atoms with Crippen molar-refractivity contribution < 1.29 is 9.59 Å². The van der Waals surface area contributed by atoms with E-state index in [9.17, 15) is 9.59 Å². The summed E-state index contributed by atoms with van der Waals surface area (Å²) in [6.45, 7) is 0. The molecule has 0 bridgehead atoms. The van der Waals surface area contributed by atoms with Gasteiger partial charge >= 0.3 is 0 Å². The third-order valence-electron chi connectivity index (χ3n) is 2.20. The Kier molecular flexibility index (Phi) is 3.83. The van der Waals surface area contributed by atoms with E-state index in [-0.39, 0.29) is 0 Å². The van der Waals surface area contributed by atoms with Crippen LogP contribution in [0.1, 0.15) is 5.56 Å². The highest BCUT2D eigenvalue weighted by atomic mass is 79.9. The van der Waals surface area contributed by atoms with Gasteiger partial charge in [-0.3, -0.25) is 9.59 Å². The number of amides is 2. The number of carbonyl (C=O) groups excluding carboxylic acids is 2. The molecule has 2 rings (SSSR count). The Morgan fingerprint density at radius 2 is 2.39 bits per heavy atom. The Hall–Kier alpha value is -2.02. The van der Waals surface area contributed by atoms with Crippen molar-refractivity contribution in [2.45, 2.75) is 0 Å². The summed E-state index contributed by atoms with van der Waals surface area (Å²) in [5.41, 5.74) is 5.29. The molecule has 0 fully saturated rings. The van der Waals surface area contributed by atoms with E-state index in [4.69, 9.17) is 0 Å². The number of halogens is 1. The van der Waals surface area contributed by atoms with Gasteiger partial charge in [-0.25, -0.2) is 10.9 Å². The van der Waals surface area contributed by atoms with Crippen molar-refractivity contribution in [3.63, 3.8) is 0 Å². The van der Waals surface area contributed by atoms with Crippen molar-refractivity contribution in [3.05, 3.63) is 34.3 Å². The number of benzene rings is 1. The highest BCUT2D eigenvalue weighted by Gasteiger charge is 2.28. The molecule has 1 atom stereocenters. The lowest BCUT2D eigenvalue weighted by molar-refractivity contribution is -0.131. The first-order chi connectivity index (χ1) is 8.66. The maximum absolute atomic E-state index is 11.5. The molecule has 1 aromatic carbocycles. The number of nitrogens with one attached hydrogen (secondary N) is 2. The number of rotatable bonds is 3. The lowest BCUT2D eigenvalue weighted by atomic mass is 10.1. The number of hydrogen-bond acceptors (Lipinski definition) is 4. The molecule has 92 valence electrons. The minimum atomic E-state index is -0.912. The molecule has 0 radical (unpaired) electrons. The number of carbonyl (C=O) groups is 2. The van der Waals surface area contributed by atoms with Crippen LogP contribution in [-0.2, 0) is 9.59 Å². The van der Waals surface area contributed by atoms with E-state index in [2.05, 4.69) is 37.0 Å². The van der Waals surface area contributed by atoms with Crippen LogP contribution in [0.15, 0.2) is 38.9 Å². The Labute approximate surface area is 111 Å². The van der Waals surface area contributed by atoms with Crippen LogP contribution in [0.2, 0.25) is 0 Å². The normalized spacial score (nSPS) is 18.1. The third kappa shape index (κ3) is 3.01. The minimum Gasteiger partial charge on any atom is -0.272 e. The standard InChI is InChI=1S/C11H9BrN4O2/c12-8-3-1-2-7(4-8)5-13-15-10(17)9-6-14-16-11(9)18/h1-6,9H,(H,15,17)(H,16,18)/b13-5+. The molecule has 1 unspecified atom stereocenters. The average molecular weight is 309 g/mol. The van der Waals surface area contributed by atoms with Crippen LogP contribution in [0.25, 0.3) is 0 Å². The molecule has 0 saturated heterocycles. The van der Waals surface area contributed by atoms with Crippen LogP contribution in [0.4, 0.5) is 0 Å². The van der Waals surface area contributed by atoms with Gasteiger partial charge in [-0.05, 0) is 17.7 Å². The summed E-state index contributed by atoms with van der Waals surface area (Å²) < 4.78 is 0.917. The zero-order valence-corrected chi connectivity index (χ0v) is 10.7. The van der Waals surface area contributed by atoms with Crippen LogP contribution in [-0.4, -0.2) is 24.2 Å². The fourth-order valence-corrected chi connectivity index (χ4v) is 1.74. The first-order valence-corrected chi connectivity index (χ1v) is 5.87. The fourth-order valence-electron chi connectivity index (χ4n) is 1.33. The second-order valence-corrected chi connectivity index (χ2v) is 4.44. The third-order valence-corrected chi connectivity index (χ3v) is 2.69. The predicted octanol–water partition coefficient (Wildman–Crippen LogP) is 0.631. The van der Waals surface area contributed by atoms with Gasteiger partial charge in [0.15, 0.2) is 5.92 Å². The van der Waals surface area contributed by atoms with Crippen LogP contribution in [0.5, 0.6) is 0 Å². The van der Waals surface area contributed by atoms with Crippen LogP contribution < -0.4 is 10.9 Å². The summed E-state index contributed by atoms with van der Waals surface area (Å²) in [7, 11) is 0. The Balaban J connectivity index is 1.93. The van der Waals surface area contributed by atoms with Crippen molar-refractivity contribution >= 4 is 40.2 Å². The molecular formula is C11H9BrN4O2. The predicted molar refractivity (Wildman–Crippen MR) is 70.0 cm³/mol. The van der Waals surface area contributed by atoms with Crippen LogP contribution >= 0.6 is 15.9 Å². The van der Waals surface area contributed by atoms with Gasteiger partial charge in [0, 0.05) is 10.7 Å². The zero-order chi connectivity index (χ0) is 13.0. The minimum absolute atomic E-state index is 0.454. The van der Waals surface area contributed by atoms with Gasteiger partial charge in [0.1, 0.15) is 0 Å². The molecule has 0 spiro atoms. The molecule has 2 N–H and O–H groups in total. The molecule has 1 aliphatic rings. The summed E-state index contributed by atoms with van der Waals surface area (Å²) >= 11 is 3.33. The van der Waals surface area contributed by atoms with Gasteiger partial charge in [0.25, 0.3) is 11.8 Å². The van der Waals surface area contributed by atoms with Crippen molar-refractivity contribution in [3.8, 4) is 0 Å². The topological polar surface area (TPSA) is 82.9 Å². The molecule has 0 saturated carbocycles. The molecule has 18 heavy (non-hydrogen) atoms. The van der Waals surface area contributed by atoms with Gasteiger partial charge < -0.3 is 0 Å². The van der Waals surface area contributed by atoms with E-state index in [0.29, 0.717) is 0 Å². The molecule has 2 amide bonds. The molecule has 1 aliphatic heterocycles. The molecular weight excluding hydrogens is 300 g/mol. The van der Waals surface area contributed by atoms with Gasteiger partial charge in [-0.15, -0.1) is 0 Å². The van der Waals surface area contributed by atoms with E-state index in [0.717, 1.165) is 10.0 Å². The molecule has 7 heteroatoms. The van der Waals surface area contributed by atoms with Crippen LogP contribution in [0.3, 0.4) is 0 Å². The van der Waals surface area contributed by atoms with E-state index in [1.807, 2.05) is 24.3 Å². The van der Waals surface area contributed by atoms with Crippen LogP contribution in [0, 0.1) is 5.92 Å². The summed E-state index contributed by atoms with van der Waals surface area (Å²) in [4.78, 5) is 22.7. The lowest BCUT2D eigenvalue weighted by Crippen LogP contribution is -2.34. The zero-order valence-electron chi connectivity index (χ0n) is 9.13.